The molecular weight excluding hydrogens is 276 g/mol. The molecule has 0 aromatic carbocycles. The quantitative estimate of drug-likeness (QED) is 0.645. The molecule has 3 heteroatoms. The van der Waals surface area contributed by atoms with Crippen LogP contribution in [0.2, 0.25) is 0 Å². The average molecular weight is 308 g/mol. The normalized spacial score (nSPS) is 61.2. The van der Waals surface area contributed by atoms with Gasteiger partial charge < -0.3 is 15.3 Å². The summed E-state index contributed by atoms with van der Waals surface area (Å²) in [7, 11) is 0. The third-order valence-electron chi connectivity index (χ3n) is 8.61. The van der Waals surface area contributed by atoms with Crippen LogP contribution in [0.25, 0.3) is 0 Å². The van der Waals surface area contributed by atoms with E-state index in [1.165, 1.54) is 19.3 Å². The Labute approximate surface area is 134 Å². The lowest BCUT2D eigenvalue weighted by Gasteiger charge is -2.60. The molecule has 4 saturated carbocycles. The van der Waals surface area contributed by atoms with Crippen molar-refractivity contribution in [3.05, 3.63) is 0 Å². The van der Waals surface area contributed by atoms with Gasteiger partial charge in [-0.25, -0.2) is 0 Å². The molecule has 4 aliphatic carbocycles. The first-order valence-electron chi connectivity index (χ1n) is 9.40. The molecule has 4 aliphatic rings. The molecule has 3 nitrogen and oxygen atoms in total. The van der Waals surface area contributed by atoms with Crippen LogP contribution in [0.1, 0.15) is 65.2 Å². The molecule has 0 aliphatic heterocycles. The van der Waals surface area contributed by atoms with Gasteiger partial charge in [0.1, 0.15) is 0 Å². The third-order valence-corrected chi connectivity index (χ3v) is 8.61. The van der Waals surface area contributed by atoms with Gasteiger partial charge in [-0.2, -0.15) is 0 Å². The maximum atomic E-state index is 10.5. The van der Waals surface area contributed by atoms with Gasteiger partial charge in [0.15, 0.2) is 0 Å². The van der Waals surface area contributed by atoms with Crippen LogP contribution in [0, 0.1) is 34.5 Å². The topological polar surface area (TPSA) is 60.7 Å². The number of aliphatic hydroxyl groups excluding tert-OH is 3. The zero-order chi connectivity index (χ0) is 15.7. The number of rotatable bonds is 0. The molecule has 4 rings (SSSR count). The minimum absolute atomic E-state index is 0.0715. The second kappa shape index (κ2) is 4.94. The summed E-state index contributed by atoms with van der Waals surface area (Å²) in [6, 6.07) is 0. The van der Waals surface area contributed by atoms with Gasteiger partial charge in [-0.05, 0) is 85.9 Å². The van der Waals surface area contributed by atoms with Crippen molar-refractivity contribution in [3.8, 4) is 0 Å². The highest BCUT2D eigenvalue weighted by Gasteiger charge is 2.61. The van der Waals surface area contributed by atoms with Crippen molar-refractivity contribution in [3.63, 3.8) is 0 Å². The summed E-state index contributed by atoms with van der Waals surface area (Å²) in [5, 5.41) is 30.8. The minimum atomic E-state index is -0.530. The number of hydrogen-bond donors (Lipinski definition) is 3. The summed E-state index contributed by atoms with van der Waals surface area (Å²) < 4.78 is 0. The van der Waals surface area contributed by atoms with E-state index in [1.54, 1.807) is 0 Å². The van der Waals surface area contributed by atoms with Crippen LogP contribution in [0.4, 0.5) is 0 Å². The van der Waals surface area contributed by atoms with Crippen LogP contribution in [-0.4, -0.2) is 33.6 Å². The van der Waals surface area contributed by atoms with Crippen LogP contribution >= 0.6 is 0 Å². The van der Waals surface area contributed by atoms with Crippen LogP contribution in [0.5, 0.6) is 0 Å². The zero-order valence-corrected chi connectivity index (χ0v) is 14.0. The first kappa shape index (κ1) is 15.4. The van der Waals surface area contributed by atoms with Crippen molar-refractivity contribution in [1.82, 2.24) is 0 Å². The fourth-order valence-electron chi connectivity index (χ4n) is 7.22. The summed E-state index contributed by atoms with van der Waals surface area (Å²) in [5.41, 5.74) is 0.305. The van der Waals surface area contributed by atoms with E-state index in [4.69, 9.17) is 0 Å². The highest BCUT2D eigenvalue weighted by atomic mass is 16.3. The predicted octanol–water partition coefficient (Wildman–Crippen LogP) is 2.72. The Morgan fingerprint density at radius 3 is 2.27 bits per heavy atom. The van der Waals surface area contributed by atoms with Gasteiger partial charge in [0.2, 0.25) is 0 Å². The Hall–Kier alpha value is -0.120. The number of aliphatic hydroxyl groups is 3. The smallest absolute Gasteiger partial charge is 0.0855 e. The molecule has 0 amide bonds. The fraction of sp³-hybridized carbons (Fsp3) is 1.00. The molecule has 0 aromatic rings. The molecule has 0 spiro atoms. The van der Waals surface area contributed by atoms with Gasteiger partial charge in [-0.15, -0.1) is 0 Å². The van der Waals surface area contributed by atoms with E-state index < -0.39 is 12.2 Å². The molecule has 0 aromatic heterocycles. The van der Waals surface area contributed by atoms with Gasteiger partial charge in [0, 0.05) is 0 Å². The van der Waals surface area contributed by atoms with Crippen molar-refractivity contribution < 1.29 is 15.3 Å². The van der Waals surface area contributed by atoms with Crippen molar-refractivity contribution in [2.75, 3.05) is 0 Å². The lowest BCUT2D eigenvalue weighted by molar-refractivity contribution is -0.135. The molecule has 4 fully saturated rings. The lowest BCUT2D eigenvalue weighted by Crippen LogP contribution is -2.54. The maximum Gasteiger partial charge on any atom is 0.0855 e. The standard InChI is InChI=1S/C19H32O3/c1-18-7-5-12(20)9-11(18)3-4-13-14(18)6-8-19(2)15(13)10-16(21)17(19)22/h11-17,20-22H,3-10H2,1-2H3/t11-,12+,13-,14-,15+,16-,17+,18+,19+/m1/s1. The van der Waals surface area contributed by atoms with Crippen molar-refractivity contribution in [1.29, 1.82) is 0 Å². The Balaban J connectivity index is 1.63. The summed E-state index contributed by atoms with van der Waals surface area (Å²) >= 11 is 0. The van der Waals surface area contributed by atoms with Gasteiger partial charge in [0.05, 0.1) is 18.3 Å². The van der Waals surface area contributed by atoms with Gasteiger partial charge >= 0.3 is 0 Å². The number of hydrogen-bond acceptors (Lipinski definition) is 3. The first-order valence-corrected chi connectivity index (χ1v) is 9.40. The number of fused-ring (bicyclic) bond motifs is 5. The zero-order valence-electron chi connectivity index (χ0n) is 14.0. The van der Waals surface area contributed by atoms with E-state index in [-0.39, 0.29) is 11.5 Å². The summed E-state index contributed by atoms with van der Waals surface area (Å²) in [4.78, 5) is 0. The van der Waals surface area contributed by atoms with E-state index in [2.05, 4.69) is 13.8 Å². The van der Waals surface area contributed by atoms with Gasteiger partial charge in [-0.1, -0.05) is 13.8 Å². The summed E-state index contributed by atoms with van der Waals surface area (Å²) in [6.45, 7) is 4.69. The second-order valence-corrected chi connectivity index (χ2v) is 9.38. The molecule has 0 saturated heterocycles. The predicted molar refractivity (Wildman–Crippen MR) is 85.1 cm³/mol. The van der Waals surface area contributed by atoms with Crippen LogP contribution < -0.4 is 0 Å². The van der Waals surface area contributed by atoms with E-state index in [9.17, 15) is 15.3 Å². The molecular formula is C19H32O3. The van der Waals surface area contributed by atoms with Gasteiger partial charge in [-0.3, -0.25) is 0 Å². The monoisotopic (exact) mass is 308 g/mol. The SMILES string of the molecule is C[C@]12CC[C@H](O)C[C@H]1CC[C@@H]1[C@H]2CC[C@]2(C)[C@@H](O)[C@H](O)C[C@@H]12. The summed E-state index contributed by atoms with van der Waals surface area (Å²) in [6.07, 6.45) is 7.49. The molecule has 0 heterocycles. The first-order chi connectivity index (χ1) is 10.4. The van der Waals surface area contributed by atoms with Crippen LogP contribution in [0.3, 0.4) is 0 Å². The lowest BCUT2D eigenvalue weighted by atomic mass is 9.45. The Kier molecular flexibility index (Phi) is 3.46. The highest BCUT2D eigenvalue weighted by Crippen LogP contribution is 2.66. The highest BCUT2D eigenvalue weighted by molar-refractivity contribution is 5.11. The Morgan fingerprint density at radius 1 is 0.773 bits per heavy atom. The molecule has 0 unspecified atom stereocenters. The minimum Gasteiger partial charge on any atom is -0.393 e. The van der Waals surface area contributed by atoms with Crippen LogP contribution in [0.15, 0.2) is 0 Å². The molecule has 126 valence electrons. The van der Waals surface area contributed by atoms with E-state index >= 15 is 0 Å². The largest absolute Gasteiger partial charge is 0.393 e. The summed E-state index contributed by atoms with van der Waals surface area (Å²) in [5.74, 6) is 2.57. The van der Waals surface area contributed by atoms with E-state index in [1.807, 2.05) is 0 Å². The second-order valence-electron chi connectivity index (χ2n) is 9.38. The van der Waals surface area contributed by atoms with E-state index in [0.29, 0.717) is 23.2 Å². The molecule has 3 N–H and O–H groups in total. The van der Waals surface area contributed by atoms with Crippen LogP contribution in [-0.2, 0) is 0 Å². The fourth-order valence-corrected chi connectivity index (χ4v) is 7.22. The van der Waals surface area contributed by atoms with Crippen molar-refractivity contribution in [2.24, 2.45) is 34.5 Å². The molecule has 9 atom stereocenters. The van der Waals surface area contributed by atoms with Crippen molar-refractivity contribution >= 4 is 0 Å². The third kappa shape index (κ3) is 1.91. The molecule has 0 bridgehead atoms. The average Bonchev–Trinajstić information content (AvgIpc) is 2.72. The molecule has 22 heavy (non-hydrogen) atoms. The maximum absolute atomic E-state index is 10.5. The van der Waals surface area contributed by atoms with Crippen molar-refractivity contribution in [2.45, 2.75) is 83.5 Å². The molecule has 0 radical (unpaired) electrons. The van der Waals surface area contributed by atoms with E-state index in [0.717, 1.165) is 38.0 Å². The van der Waals surface area contributed by atoms with Gasteiger partial charge in [0.25, 0.3) is 0 Å². The Bertz CT molecular complexity index is 452. The Morgan fingerprint density at radius 2 is 1.50 bits per heavy atom.